The molecule has 31 heavy (non-hydrogen) atoms. The maximum atomic E-state index is 2.41. The highest BCUT2D eigenvalue weighted by molar-refractivity contribution is 7.99. The molecule has 0 fully saturated rings. The summed E-state index contributed by atoms with van der Waals surface area (Å²) in [5.74, 6) is 0.466. The van der Waals surface area contributed by atoms with Crippen LogP contribution in [0.25, 0.3) is 31.0 Å². The fraction of sp³-hybridized carbons (Fsp3) is 0.286. The Morgan fingerprint density at radius 2 is 1.68 bits per heavy atom. The number of hydrogen-bond acceptors (Lipinski definition) is 3. The molecule has 4 aromatic rings. The van der Waals surface area contributed by atoms with Crippen molar-refractivity contribution in [3.05, 3.63) is 77.2 Å². The fourth-order valence-corrected chi connectivity index (χ4v) is 7.99. The maximum Gasteiger partial charge on any atom is 0.0596 e. The first-order valence-corrected chi connectivity index (χ1v) is 13.6. The molecule has 0 bridgehead atoms. The molecule has 0 aliphatic heterocycles. The molecule has 3 heteroatoms. The van der Waals surface area contributed by atoms with Crippen LogP contribution in [0.2, 0.25) is 0 Å². The minimum atomic E-state index is 0.143. The number of benzene rings is 2. The molecule has 0 amide bonds. The predicted octanol–water partition coefficient (Wildman–Crippen LogP) is 10.00. The van der Waals surface area contributed by atoms with E-state index in [0.29, 0.717) is 5.92 Å². The normalized spacial score (nSPS) is 13.4. The van der Waals surface area contributed by atoms with Gasteiger partial charge in [0.15, 0.2) is 0 Å². The van der Waals surface area contributed by atoms with Crippen molar-refractivity contribution in [3.63, 3.8) is 0 Å². The van der Waals surface area contributed by atoms with E-state index >= 15 is 0 Å². The lowest BCUT2D eigenvalue weighted by Gasteiger charge is -2.20. The average molecular weight is 463 g/mol. The molecule has 0 radical (unpaired) electrons. The predicted molar refractivity (Wildman–Crippen MR) is 144 cm³/mol. The van der Waals surface area contributed by atoms with Crippen LogP contribution >= 0.6 is 34.4 Å². The molecule has 2 heterocycles. The standard InChI is InChI=1S/C28H30S3/c1-7-11-18(2)25-27(29-6)26-24(31-25)17-23(30-26)22-15-9-8-14-21(22)19-12-10-13-20(16-19)28(3,4)5/h7-18H,1-6H3. The highest BCUT2D eigenvalue weighted by Crippen LogP contribution is 2.48. The van der Waals surface area contributed by atoms with E-state index < -0.39 is 0 Å². The average Bonchev–Trinajstić information content (AvgIpc) is 3.31. The Labute approximate surface area is 199 Å². The third-order valence-electron chi connectivity index (χ3n) is 5.68. The molecule has 0 spiro atoms. The molecule has 0 saturated carbocycles. The van der Waals surface area contributed by atoms with Crippen molar-refractivity contribution < 1.29 is 0 Å². The van der Waals surface area contributed by atoms with Crippen LogP contribution in [-0.4, -0.2) is 6.26 Å². The molecule has 0 N–H and O–H groups in total. The molecule has 0 aliphatic carbocycles. The van der Waals surface area contributed by atoms with E-state index in [2.05, 4.69) is 108 Å². The first-order valence-electron chi connectivity index (χ1n) is 10.8. The highest BCUT2D eigenvalue weighted by atomic mass is 32.2. The first kappa shape index (κ1) is 22.4. The Bertz CT molecular complexity index is 1230. The van der Waals surface area contributed by atoms with Crippen LogP contribution in [0.4, 0.5) is 0 Å². The zero-order valence-electron chi connectivity index (χ0n) is 19.2. The van der Waals surface area contributed by atoms with Gasteiger partial charge in [-0.15, -0.1) is 34.4 Å². The van der Waals surface area contributed by atoms with Crippen molar-refractivity contribution in [3.8, 4) is 21.6 Å². The minimum Gasteiger partial charge on any atom is -0.138 e. The Morgan fingerprint density at radius 3 is 2.35 bits per heavy atom. The molecule has 0 aliphatic rings. The second-order valence-corrected chi connectivity index (χ2v) is 11.9. The van der Waals surface area contributed by atoms with E-state index in [-0.39, 0.29) is 5.41 Å². The van der Waals surface area contributed by atoms with Crippen molar-refractivity contribution in [2.24, 2.45) is 0 Å². The summed E-state index contributed by atoms with van der Waals surface area (Å²) in [4.78, 5) is 4.30. The van der Waals surface area contributed by atoms with Gasteiger partial charge in [-0.3, -0.25) is 0 Å². The third kappa shape index (κ3) is 4.41. The number of allylic oxidation sites excluding steroid dienone is 2. The van der Waals surface area contributed by atoms with Crippen LogP contribution in [0.5, 0.6) is 0 Å². The SMILES string of the molecule is CC=CC(C)c1sc2cc(-c3ccccc3-c3cccc(C(C)(C)C)c3)sc2c1SC. The zero-order chi connectivity index (χ0) is 22.2. The number of rotatable bonds is 5. The number of fused-ring (bicyclic) bond motifs is 1. The topological polar surface area (TPSA) is 0 Å². The first-order chi connectivity index (χ1) is 14.8. The van der Waals surface area contributed by atoms with Gasteiger partial charge in [0.1, 0.15) is 0 Å². The molecule has 160 valence electrons. The largest absolute Gasteiger partial charge is 0.138 e. The molecule has 1 unspecified atom stereocenters. The smallest absolute Gasteiger partial charge is 0.0596 e. The van der Waals surface area contributed by atoms with E-state index in [9.17, 15) is 0 Å². The van der Waals surface area contributed by atoms with Crippen molar-refractivity contribution in [2.75, 3.05) is 6.26 Å². The van der Waals surface area contributed by atoms with Crippen LogP contribution in [0, 0.1) is 0 Å². The van der Waals surface area contributed by atoms with E-state index in [0.717, 1.165) is 0 Å². The van der Waals surface area contributed by atoms with Crippen LogP contribution in [-0.2, 0) is 5.41 Å². The number of thioether (sulfide) groups is 1. The summed E-state index contributed by atoms with van der Waals surface area (Å²) in [6.45, 7) is 11.2. The lowest BCUT2D eigenvalue weighted by molar-refractivity contribution is 0.590. The Kier molecular flexibility index (Phi) is 6.48. The molecule has 0 nitrogen and oxygen atoms in total. The third-order valence-corrected chi connectivity index (χ3v) is 9.42. The molecule has 1 atom stereocenters. The van der Waals surface area contributed by atoms with E-state index in [1.54, 1.807) is 0 Å². The zero-order valence-corrected chi connectivity index (χ0v) is 21.6. The maximum absolute atomic E-state index is 2.41. The monoisotopic (exact) mass is 462 g/mol. The Hall–Kier alpha value is -1.81. The second kappa shape index (κ2) is 8.97. The van der Waals surface area contributed by atoms with Gasteiger partial charge in [0.2, 0.25) is 0 Å². The number of hydrogen-bond donors (Lipinski definition) is 0. The van der Waals surface area contributed by atoms with Gasteiger partial charge in [0.25, 0.3) is 0 Å². The van der Waals surface area contributed by atoms with Crippen molar-refractivity contribution in [1.82, 2.24) is 0 Å². The summed E-state index contributed by atoms with van der Waals surface area (Å²) >= 11 is 5.79. The van der Waals surface area contributed by atoms with Gasteiger partial charge in [0, 0.05) is 25.3 Å². The molecular formula is C28H30S3. The summed E-state index contributed by atoms with van der Waals surface area (Å²) < 4.78 is 2.85. The summed E-state index contributed by atoms with van der Waals surface area (Å²) in [5.41, 5.74) is 5.46. The fourth-order valence-electron chi connectivity index (χ4n) is 3.99. The van der Waals surface area contributed by atoms with Crippen LogP contribution < -0.4 is 0 Å². The molecule has 2 aromatic heterocycles. The van der Waals surface area contributed by atoms with Crippen LogP contribution in [0.1, 0.15) is 51.0 Å². The molecule has 0 saturated heterocycles. The van der Waals surface area contributed by atoms with Gasteiger partial charge >= 0.3 is 0 Å². The van der Waals surface area contributed by atoms with Crippen molar-refractivity contribution in [2.45, 2.75) is 50.8 Å². The molecule has 4 rings (SSSR count). The highest BCUT2D eigenvalue weighted by Gasteiger charge is 2.20. The van der Waals surface area contributed by atoms with Crippen LogP contribution in [0.3, 0.4) is 0 Å². The van der Waals surface area contributed by atoms with Gasteiger partial charge < -0.3 is 0 Å². The summed E-state index contributed by atoms with van der Waals surface area (Å²) in [6, 6.07) is 20.3. The molecule has 2 aromatic carbocycles. The second-order valence-electron chi connectivity index (χ2n) is 8.99. The van der Waals surface area contributed by atoms with Gasteiger partial charge in [0.05, 0.1) is 4.70 Å². The van der Waals surface area contributed by atoms with Gasteiger partial charge in [-0.1, -0.05) is 88.4 Å². The van der Waals surface area contributed by atoms with Crippen molar-refractivity contribution in [1.29, 1.82) is 0 Å². The Morgan fingerprint density at radius 1 is 0.935 bits per heavy atom. The lowest BCUT2D eigenvalue weighted by Crippen LogP contribution is -2.10. The van der Waals surface area contributed by atoms with E-state index in [1.165, 1.54) is 46.3 Å². The lowest BCUT2D eigenvalue weighted by atomic mass is 9.85. The van der Waals surface area contributed by atoms with Gasteiger partial charge in [-0.05, 0) is 46.9 Å². The van der Waals surface area contributed by atoms with Gasteiger partial charge in [-0.2, -0.15) is 0 Å². The minimum absolute atomic E-state index is 0.143. The van der Waals surface area contributed by atoms with Crippen LogP contribution in [0.15, 0.2) is 71.6 Å². The Balaban J connectivity index is 1.83. The van der Waals surface area contributed by atoms with E-state index in [4.69, 9.17) is 0 Å². The van der Waals surface area contributed by atoms with Crippen molar-refractivity contribution >= 4 is 43.8 Å². The summed E-state index contributed by atoms with van der Waals surface area (Å²) in [6.07, 6.45) is 6.67. The van der Waals surface area contributed by atoms with Gasteiger partial charge in [-0.25, -0.2) is 0 Å². The number of thiophene rings is 2. The van der Waals surface area contributed by atoms with E-state index in [1.807, 2.05) is 34.4 Å². The molecular weight excluding hydrogens is 433 g/mol. The quantitative estimate of drug-likeness (QED) is 0.210. The summed E-state index contributed by atoms with van der Waals surface area (Å²) in [5, 5.41) is 0. The summed E-state index contributed by atoms with van der Waals surface area (Å²) in [7, 11) is 0.